The van der Waals surface area contributed by atoms with Gasteiger partial charge in [-0.25, -0.2) is 0 Å². The number of carboxylic acids is 1. The molecule has 0 aliphatic heterocycles. The van der Waals surface area contributed by atoms with Crippen molar-refractivity contribution < 1.29 is 19.5 Å². The first-order chi connectivity index (χ1) is 17.9. The molecular weight excluding hydrogens is 466 g/mol. The lowest BCUT2D eigenvalue weighted by Gasteiger charge is -2.31. The molecule has 0 bridgehead atoms. The van der Waals surface area contributed by atoms with Gasteiger partial charge in [0.25, 0.3) is 0 Å². The van der Waals surface area contributed by atoms with Crippen LogP contribution in [-0.4, -0.2) is 27.0 Å². The number of oxime groups is 1. The Balaban J connectivity index is 1.48. The van der Waals surface area contributed by atoms with Crippen molar-refractivity contribution in [3.63, 3.8) is 0 Å². The lowest BCUT2D eigenvalue weighted by molar-refractivity contribution is -0.139. The first-order valence-corrected chi connectivity index (χ1v) is 12.1. The van der Waals surface area contributed by atoms with Crippen molar-refractivity contribution in [2.24, 2.45) is 11.1 Å². The number of hydrogen-bond acceptors (Lipinski definition) is 5. The van der Waals surface area contributed by atoms with Crippen LogP contribution < -0.4 is 4.74 Å². The fourth-order valence-electron chi connectivity index (χ4n) is 4.28. The van der Waals surface area contributed by atoms with Gasteiger partial charge in [0.2, 0.25) is 0 Å². The SMILES string of the molecule is CC(=NOCc1ccccc1)C(Cc1ccc(OC(C)(c2ccccc2)c2cn[nH]c2C)cc1)C(=O)O. The van der Waals surface area contributed by atoms with Crippen molar-refractivity contribution in [2.45, 2.75) is 39.4 Å². The van der Waals surface area contributed by atoms with E-state index < -0.39 is 17.5 Å². The van der Waals surface area contributed by atoms with Gasteiger partial charge in [-0.3, -0.25) is 9.89 Å². The van der Waals surface area contributed by atoms with Crippen LogP contribution in [0.1, 0.15) is 41.8 Å². The number of carboxylic acid groups (broad SMARTS) is 1. The number of hydrogen-bond donors (Lipinski definition) is 2. The minimum absolute atomic E-state index is 0.285. The Morgan fingerprint density at radius 2 is 1.65 bits per heavy atom. The Kier molecular flexibility index (Phi) is 8.03. The summed E-state index contributed by atoms with van der Waals surface area (Å²) >= 11 is 0. The zero-order chi connectivity index (χ0) is 26.3. The topological polar surface area (TPSA) is 96.8 Å². The number of benzene rings is 3. The van der Waals surface area contributed by atoms with E-state index in [-0.39, 0.29) is 13.0 Å². The van der Waals surface area contributed by atoms with Crippen molar-refractivity contribution in [1.29, 1.82) is 0 Å². The molecule has 2 N–H and O–H groups in total. The quantitative estimate of drug-likeness (QED) is 0.199. The molecule has 0 aliphatic carbocycles. The maximum absolute atomic E-state index is 12.0. The molecule has 3 aromatic carbocycles. The molecule has 1 aromatic heterocycles. The van der Waals surface area contributed by atoms with E-state index in [1.54, 1.807) is 13.1 Å². The summed E-state index contributed by atoms with van der Waals surface area (Å²) in [5, 5.41) is 21.1. The van der Waals surface area contributed by atoms with Gasteiger partial charge in [-0.1, -0.05) is 78.0 Å². The second-order valence-electron chi connectivity index (χ2n) is 9.14. The summed E-state index contributed by atoms with van der Waals surface area (Å²) in [7, 11) is 0. The van der Waals surface area contributed by atoms with Crippen LogP contribution in [0.3, 0.4) is 0 Å². The number of aromatic nitrogens is 2. The predicted octanol–water partition coefficient (Wildman–Crippen LogP) is 5.90. The van der Waals surface area contributed by atoms with Crippen LogP contribution in [0.2, 0.25) is 0 Å². The molecule has 0 amide bonds. The molecule has 1 heterocycles. The minimum Gasteiger partial charge on any atom is -0.481 e. The largest absolute Gasteiger partial charge is 0.481 e. The van der Waals surface area contributed by atoms with Crippen molar-refractivity contribution in [3.8, 4) is 5.75 Å². The fourth-order valence-corrected chi connectivity index (χ4v) is 4.28. The molecular formula is C30H31N3O4. The highest BCUT2D eigenvalue weighted by molar-refractivity contribution is 6.00. The number of aryl methyl sites for hydroxylation is 1. The monoisotopic (exact) mass is 497 g/mol. The first kappa shape index (κ1) is 25.7. The first-order valence-electron chi connectivity index (χ1n) is 12.1. The van der Waals surface area contributed by atoms with Crippen LogP contribution in [0.25, 0.3) is 0 Å². The van der Waals surface area contributed by atoms with Crippen LogP contribution in [0.4, 0.5) is 0 Å². The average molecular weight is 498 g/mol. The van der Waals surface area contributed by atoms with E-state index in [0.717, 1.165) is 27.9 Å². The second-order valence-corrected chi connectivity index (χ2v) is 9.14. The predicted molar refractivity (Wildman–Crippen MR) is 142 cm³/mol. The molecule has 2 unspecified atom stereocenters. The van der Waals surface area contributed by atoms with Gasteiger partial charge < -0.3 is 14.7 Å². The number of ether oxygens (including phenoxy) is 1. The third kappa shape index (κ3) is 6.25. The lowest BCUT2D eigenvalue weighted by atomic mass is 9.88. The van der Waals surface area contributed by atoms with Crippen LogP contribution in [0, 0.1) is 12.8 Å². The summed E-state index contributed by atoms with van der Waals surface area (Å²) < 4.78 is 6.54. The number of carbonyl (C=O) groups is 1. The Morgan fingerprint density at radius 3 is 2.24 bits per heavy atom. The van der Waals surface area contributed by atoms with E-state index >= 15 is 0 Å². The molecule has 0 fully saturated rings. The standard InChI is InChI=1S/C30H31N3O4/c1-21(33-36-20-24-10-6-4-7-11-24)27(29(34)35)18-23-14-16-26(17-15-23)37-30(3,25-12-8-5-9-13-25)28-19-31-32-22(28)2/h4-17,19,27H,18,20H2,1-3H3,(H,31,32)(H,34,35). The number of nitrogens with zero attached hydrogens (tertiary/aromatic N) is 2. The number of rotatable bonds is 11. The average Bonchev–Trinajstić information content (AvgIpc) is 3.35. The van der Waals surface area contributed by atoms with E-state index in [4.69, 9.17) is 9.57 Å². The summed E-state index contributed by atoms with van der Waals surface area (Å²) in [6.45, 7) is 5.95. The van der Waals surface area contributed by atoms with E-state index in [1.807, 2.05) is 98.8 Å². The number of nitrogens with one attached hydrogen (secondary N) is 1. The maximum atomic E-state index is 12.0. The zero-order valence-electron chi connectivity index (χ0n) is 21.2. The van der Waals surface area contributed by atoms with Gasteiger partial charge in [0.1, 0.15) is 18.3 Å². The Labute approximate surface area is 216 Å². The van der Waals surface area contributed by atoms with E-state index in [0.29, 0.717) is 11.5 Å². The third-order valence-electron chi connectivity index (χ3n) is 6.44. The van der Waals surface area contributed by atoms with Crippen molar-refractivity contribution in [1.82, 2.24) is 10.2 Å². The number of H-pyrrole nitrogens is 1. The molecule has 7 nitrogen and oxygen atoms in total. The van der Waals surface area contributed by atoms with Gasteiger partial charge in [0.05, 0.1) is 11.9 Å². The van der Waals surface area contributed by atoms with Crippen molar-refractivity contribution in [2.75, 3.05) is 0 Å². The molecule has 4 aromatic rings. The molecule has 0 saturated carbocycles. The van der Waals surface area contributed by atoms with Crippen LogP contribution in [0.15, 0.2) is 96.3 Å². The van der Waals surface area contributed by atoms with Gasteiger partial charge in [-0.05, 0) is 56.0 Å². The van der Waals surface area contributed by atoms with Gasteiger partial charge in [0, 0.05) is 11.3 Å². The normalized spacial score (nSPS) is 14.0. The van der Waals surface area contributed by atoms with Gasteiger partial charge in [-0.2, -0.15) is 5.10 Å². The van der Waals surface area contributed by atoms with Gasteiger partial charge in [-0.15, -0.1) is 0 Å². The van der Waals surface area contributed by atoms with E-state index in [9.17, 15) is 9.90 Å². The summed E-state index contributed by atoms with van der Waals surface area (Å²) in [5.74, 6) is -1.08. The Hall–Kier alpha value is -4.39. The highest BCUT2D eigenvalue weighted by Crippen LogP contribution is 2.36. The third-order valence-corrected chi connectivity index (χ3v) is 6.44. The smallest absolute Gasteiger partial charge is 0.312 e. The van der Waals surface area contributed by atoms with Crippen LogP contribution in [0.5, 0.6) is 5.75 Å². The van der Waals surface area contributed by atoms with Crippen molar-refractivity contribution in [3.05, 3.63) is 119 Å². The summed E-state index contributed by atoms with van der Waals surface area (Å²) in [6, 6.07) is 27.1. The molecule has 2 atom stereocenters. The Morgan fingerprint density at radius 1 is 1.00 bits per heavy atom. The molecule has 37 heavy (non-hydrogen) atoms. The van der Waals surface area contributed by atoms with E-state index in [2.05, 4.69) is 15.4 Å². The number of aromatic amines is 1. The molecule has 190 valence electrons. The van der Waals surface area contributed by atoms with Crippen molar-refractivity contribution >= 4 is 11.7 Å². The van der Waals surface area contributed by atoms with Gasteiger partial charge in [0.15, 0.2) is 5.60 Å². The molecule has 0 spiro atoms. The van der Waals surface area contributed by atoms with E-state index in [1.165, 1.54) is 0 Å². The highest BCUT2D eigenvalue weighted by Gasteiger charge is 2.34. The summed E-state index contributed by atoms with van der Waals surface area (Å²) in [4.78, 5) is 17.4. The zero-order valence-corrected chi connectivity index (χ0v) is 21.2. The van der Waals surface area contributed by atoms with Crippen LogP contribution >= 0.6 is 0 Å². The fraction of sp³-hybridized carbons (Fsp3) is 0.233. The molecule has 0 radical (unpaired) electrons. The highest BCUT2D eigenvalue weighted by atomic mass is 16.6. The Bertz CT molecular complexity index is 1330. The molecule has 7 heteroatoms. The second kappa shape index (κ2) is 11.6. The number of aliphatic carboxylic acids is 1. The van der Waals surface area contributed by atoms with Crippen LogP contribution in [-0.2, 0) is 28.3 Å². The molecule has 4 rings (SSSR count). The lowest BCUT2D eigenvalue weighted by Crippen LogP contribution is -2.31. The molecule has 0 aliphatic rings. The summed E-state index contributed by atoms with van der Waals surface area (Å²) in [5.41, 5.74) is 4.34. The summed E-state index contributed by atoms with van der Waals surface area (Å²) in [6.07, 6.45) is 2.08. The van der Waals surface area contributed by atoms with Gasteiger partial charge >= 0.3 is 5.97 Å². The maximum Gasteiger partial charge on any atom is 0.312 e. The minimum atomic E-state index is -0.947. The molecule has 0 saturated heterocycles.